The number of amides is 2. The molecule has 0 spiro atoms. The first kappa shape index (κ1) is 20.1. The standard InChI is InChI=1S/C22H16FN3O5/c1-12-10-17(13(2)25(12)15-8-6-14(23)7-9-15)19(27)11-24-21(28)16-4-3-5-18(26(30)31)20(16)22(24)29/h3-10H,11H2,1-2H3. The molecule has 8 nitrogen and oxygen atoms in total. The van der Waals surface area contributed by atoms with Crippen LogP contribution in [-0.2, 0) is 0 Å². The summed E-state index contributed by atoms with van der Waals surface area (Å²) in [6.07, 6.45) is 0. The Morgan fingerprint density at radius 1 is 1.06 bits per heavy atom. The number of hydrogen-bond acceptors (Lipinski definition) is 5. The third-order valence-corrected chi connectivity index (χ3v) is 5.29. The zero-order valence-corrected chi connectivity index (χ0v) is 16.6. The Balaban J connectivity index is 1.65. The topological polar surface area (TPSA) is 103 Å². The second kappa shape index (κ2) is 7.28. The third kappa shape index (κ3) is 3.20. The molecule has 1 aliphatic rings. The van der Waals surface area contributed by atoms with Crippen LogP contribution in [-0.4, -0.2) is 38.5 Å². The zero-order valence-electron chi connectivity index (χ0n) is 16.6. The lowest BCUT2D eigenvalue weighted by atomic mass is 10.1. The van der Waals surface area contributed by atoms with Crippen LogP contribution in [0, 0.1) is 29.8 Å². The van der Waals surface area contributed by atoms with E-state index in [1.165, 1.54) is 24.3 Å². The summed E-state index contributed by atoms with van der Waals surface area (Å²) < 4.78 is 15.0. The molecule has 0 saturated carbocycles. The Kier molecular flexibility index (Phi) is 4.73. The number of fused-ring (bicyclic) bond motifs is 1. The fourth-order valence-electron chi connectivity index (χ4n) is 3.87. The van der Waals surface area contributed by atoms with E-state index in [2.05, 4.69) is 0 Å². The summed E-state index contributed by atoms with van der Waals surface area (Å²) in [7, 11) is 0. The highest BCUT2D eigenvalue weighted by atomic mass is 19.1. The van der Waals surface area contributed by atoms with Crippen molar-refractivity contribution in [1.82, 2.24) is 9.47 Å². The van der Waals surface area contributed by atoms with Gasteiger partial charge in [-0.3, -0.25) is 29.4 Å². The molecule has 0 N–H and O–H groups in total. The first-order valence-corrected chi connectivity index (χ1v) is 9.32. The lowest BCUT2D eigenvalue weighted by Gasteiger charge is -2.13. The van der Waals surface area contributed by atoms with Crippen molar-refractivity contribution in [3.8, 4) is 5.69 Å². The molecule has 0 atom stereocenters. The maximum absolute atomic E-state index is 13.3. The largest absolute Gasteiger partial charge is 0.318 e. The van der Waals surface area contributed by atoms with Crippen LogP contribution in [0.15, 0.2) is 48.5 Å². The Morgan fingerprint density at radius 3 is 2.39 bits per heavy atom. The summed E-state index contributed by atoms with van der Waals surface area (Å²) in [5.41, 5.74) is 1.37. The molecule has 1 aromatic heterocycles. The van der Waals surface area contributed by atoms with Gasteiger partial charge in [0.05, 0.1) is 17.0 Å². The molecule has 0 saturated heterocycles. The summed E-state index contributed by atoms with van der Waals surface area (Å²) in [5.74, 6) is -2.49. The van der Waals surface area contributed by atoms with E-state index < -0.39 is 34.8 Å². The van der Waals surface area contributed by atoms with Crippen LogP contribution in [0.4, 0.5) is 10.1 Å². The maximum atomic E-state index is 13.3. The van der Waals surface area contributed by atoms with Crippen molar-refractivity contribution in [3.05, 3.63) is 92.5 Å². The first-order valence-electron chi connectivity index (χ1n) is 9.32. The summed E-state index contributed by atoms with van der Waals surface area (Å²) in [5, 5.41) is 11.2. The van der Waals surface area contributed by atoms with Crippen LogP contribution >= 0.6 is 0 Å². The highest BCUT2D eigenvalue weighted by molar-refractivity contribution is 6.24. The zero-order chi connectivity index (χ0) is 22.4. The van der Waals surface area contributed by atoms with Crippen LogP contribution in [0.2, 0.25) is 0 Å². The third-order valence-electron chi connectivity index (χ3n) is 5.29. The van der Waals surface area contributed by atoms with E-state index in [1.54, 1.807) is 36.6 Å². The first-order chi connectivity index (χ1) is 14.7. The van der Waals surface area contributed by atoms with Gasteiger partial charge in [0.2, 0.25) is 0 Å². The van der Waals surface area contributed by atoms with Gasteiger partial charge in [0, 0.05) is 28.7 Å². The van der Waals surface area contributed by atoms with Crippen LogP contribution in [0.1, 0.15) is 42.5 Å². The molecule has 3 aromatic rings. The molecular weight excluding hydrogens is 405 g/mol. The van der Waals surface area contributed by atoms with Gasteiger partial charge in [-0.2, -0.15) is 0 Å². The average Bonchev–Trinajstić information content (AvgIpc) is 3.17. The van der Waals surface area contributed by atoms with Crippen LogP contribution in [0.5, 0.6) is 0 Å². The number of aryl methyl sites for hydroxylation is 1. The van der Waals surface area contributed by atoms with Crippen molar-refractivity contribution >= 4 is 23.3 Å². The van der Waals surface area contributed by atoms with Gasteiger partial charge < -0.3 is 4.57 Å². The number of Topliss-reactive ketones (excluding diaryl/α,β-unsaturated/α-hetero) is 1. The fourth-order valence-corrected chi connectivity index (χ4v) is 3.87. The number of imide groups is 1. The SMILES string of the molecule is Cc1cc(C(=O)CN2C(=O)c3cccc([N+](=O)[O-])c3C2=O)c(C)n1-c1ccc(F)cc1. The number of rotatable bonds is 5. The maximum Gasteiger partial charge on any atom is 0.282 e. The van der Waals surface area contributed by atoms with Gasteiger partial charge in [0.1, 0.15) is 11.4 Å². The normalized spacial score (nSPS) is 12.9. The molecule has 9 heteroatoms. The van der Waals surface area contributed by atoms with Gasteiger partial charge in [0.25, 0.3) is 17.5 Å². The van der Waals surface area contributed by atoms with Gasteiger partial charge >= 0.3 is 0 Å². The van der Waals surface area contributed by atoms with Crippen molar-refractivity contribution in [3.63, 3.8) is 0 Å². The number of carbonyl (C=O) groups is 3. The Labute approximate surface area is 175 Å². The fraction of sp³-hybridized carbons (Fsp3) is 0.136. The second-order valence-corrected chi connectivity index (χ2v) is 7.17. The molecule has 0 radical (unpaired) electrons. The van der Waals surface area contributed by atoms with Crippen molar-refractivity contribution < 1.29 is 23.7 Å². The minimum absolute atomic E-state index is 0.0937. The number of aromatic nitrogens is 1. The number of benzene rings is 2. The second-order valence-electron chi connectivity index (χ2n) is 7.17. The molecule has 0 unspecified atom stereocenters. The monoisotopic (exact) mass is 421 g/mol. The number of hydrogen-bond donors (Lipinski definition) is 0. The highest BCUT2D eigenvalue weighted by Crippen LogP contribution is 2.31. The van der Waals surface area contributed by atoms with Crippen LogP contribution in [0.3, 0.4) is 0 Å². The molecular formula is C22H16FN3O5. The van der Waals surface area contributed by atoms with E-state index in [9.17, 15) is 28.9 Å². The lowest BCUT2D eigenvalue weighted by molar-refractivity contribution is -0.385. The Hall–Kier alpha value is -4.14. The van der Waals surface area contributed by atoms with E-state index in [0.717, 1.165) is 11.0 Å². The predicted octanol–water partition coefficient (Wildman–Crippen LogP) is 3.62. The van der Waals surface area contributed by atoms with Crippen LogP contribution in [0.25, 0.3) is 5.69 Å². The van der Waals surface area contributed by atoms with E-state index in [4.69, 9.17) is 0 Å². The number of nitro groups is 1. The van der Waals surface area contributed by atoms with Crippen molar-refractivity contribution in [2.24, 2.45) is 0 Å². The van der Waals surface area contributed by atoms with Crippen molar-refractivity contribution in [1.29, 1.82) is 0 Å². The highest BCUT2D eigenvalue weighted by Gasteiger charge is 2.41. The molecule has 2 aromatic carbocycles. The molecule has 2 heterocycles. The molecule has 4 rings (SSSR count). The average molecular weight is 421 g/mol. The molecule has 31 heavy (non-hydrogen) atoms. The lowest BCUT2D eigenvalue weighted by Crippen LogP contribution is -2.35. The number of nitro benzene ring substituents is 1. The van der Waals surface area contributed by atoms with Gasteiger partial charge in [-0.05, 0) is 50.2 Å². The van der Waals surface area contributed by atoms with Gasteiger partial charge in [-0.25, -0.2) is 4.39 Å². The molecule has 0 fully saturated rings. The van der Waals surface area contributed by atoms with E-state index >= 15 is 0 Å². The van der Waals surface area contributed by atoms with Crippen molar-refractivity contribution in [2.45, 2.75) is 13.8 Å². The van der Waals surface area contributed by atoms with Gasteiger partial charge in [0.15, 0.2) is 5.78 Å². The van der Waals surface area contributed by atoms with E-state index in [1.807, 2.05) is 0 Å². The van der Waals surface area contributed by atoms with Crippen LogP contribution < -0.4 is 0 Å². The molecule has 1 aliphatic heterocycles. The molecule has 156 valence electrons. The quantitative estimate of drug-likeness (QED) is 0.271. The smallest absolute Gasteiger partial charge is 0.282 e. The summed E-state index contributed by atoms with van der Waals surface area (Å²) >= 11 is 0. The summed E-state index contributed by atoms with van der Waals surface area (Å²) in [6.45, 7) is 2.94. The molecule has 2 amide bonds. The summed E-state index contributed by atoms with van der Waals surface area (Å²) in [6, 6.07) is 11.2. The number of carbonyl (C=O) groups excluding carboxylic acids is 3. The number of ketones is 1. The predicted molar refractivity (Wildman–Crippen MR) is 108 cm³/mol. The minimum Gasteiger partial charge on any atom is -0.318 e. The minimum atomic E-state index is -0.868. The summed E-state index contributed by atoms with van der Waals surface area (Å²) in [4.78, 5) is 49.6. The van der Waals surface area contributed by atoms with Gasteiger partial charge in [-0.1, -0.05) is 6.07 Å². The number of halogens is 1. The molecule has 0 aliphatic carbocycles. The van der Waals surface area contributed by atoms with E-state index in [0.29, 0.717) is 22.6 Å². The molecule has 0 bridgehead atoms. The Bertz CT molecular complexity index is 1280. The van der Waals surface area contributed by atoms with Gasteiger partial charge in [-0.15, -0.1) is 0 Å². The van der Waals surface area contributed by atoms with Crippen molar-refractivity contribution in [2.75, 3.05) is 6.54 Å². The Morgan fingerprint density at radius 2 is 1.74 bits per heavy atom. The number of nitrogens with zero attached hydrogens (tertiary/aromatic N) is 3. The van der Waals surface area contributed by atoms with E-state index in [-0.39, 0.29) is 16.9 Å².